The van der Waals surface area contributed by atoms with E-state index in [0.717, 1.165) is 22.7 Å². The third kappa shape index (κ3) is 4.32. The molecule has 1 aromatic heterocycles. The summed E-state index contributed by atoms with van der Waals surface area (Å²) in [7, 11) is 0. The summed E-state index contributed by atoms with van der Waals surface area (Å²) in [6, 6.07) is 7.15. The van der Waals surface area contributed by atoms with E-state index in [0.29, 0.717) is 16.7 Å². The molecule has 1 heterocycles. The van der Waals surface area contributed by atoms with Crippen LogP contribution >= 0.6 is 27.5 Å². The lowest BCUT2D eigenvalue weighted by Gasteiger charge is -2.12. The van der Waals surface area contributed by atoms with Gasteiger partial charge in [-0.2, -0.15) is 4.98 Å². The number of halogens is 2. The van der Waals surface area contributed by atoms with Gasteiger partial charge in [0.1, 0.15) is 17.4 Å². The second kappa shape index (κ2) is 7.09. The van der Waals surface area contributed by atoms with Crippen LogP contribution in [0.3, 0.4) is 0 Å². The summed E-state index contributed by atoms with van der Waals surface area (Å²) < 4.78 is 6.63. The molecule has 0 saturated carbocycles. The first-order valence-electron chi connectivity index (χ1n) is 6.75. The van der Waals surface area contributed by atoms with Crippen LogP contribution in [-0.2, 0) is 0 Å². The highest BCUT2D eigenvalue weighted by atomic mass is 79.9. The van der Waals surface area contributed by atoms with Gasteiger partial charge in [0.2, 0.25) is 5.88 Å². The number of nitrogens with one attached hydrogen (secondary N) is 1. The fourth-order valence-corrected chi connectivity index (χ4v) is 2.46. The van der Waals surface area contributed by atoms with Gasteiger partial charge in [0.15, 0.2) is 0 Å². The lowest BCUT2D eigenvalue weighted by atomic mass is 10.2. The largest absolute Gasteiger partial charge is 0.438 e. The van der Waals surface area contributed by atoms with Crippen molar-refractivity contribution in [3.05, 3.63) is 39.6 Å². The van der Waals surface area contributed by atoms with Gasteiger partial charge in [0.05, 0.1) is 4.47 Å². The SMILES string of the molecule is CCNc1cc(Oc2ccc(Cl)cc2Br)nc(C(C)C)n1. The van der Waals surface area contributed by atoms with Crippen LogP contribution in [0.4, 0.5) is 5.82 Å². The average molecular weight is 371 g/mol. The van der Waals surface area contributed by atoms with Gasteiger partial charge in [-0.05, 0) is 41.1 Å². The number of benzene rings is 1. The number of hydrogen-bond acceptors (Lipinski definition) is 4. The summed E-state index contributed by atoms with van der Waals surface area (Å²) in [4.78, 5) is 8.91. The zero-order valence-electron chi connectivity index (χ0n) is 12.2. The van der Waals surface area contributed by atoms with E-state index < -0.39 is 0 Å². The maximum atomic E-state index is 5.93. The smallest absolute Gasteiger partial charge is 0.224 e. The minimum Gasteiger partial charge on any atom is -0.438 e. The average Bonchev–Trinajstić information content (AvgIpc) is 2.42. The fourth-order valence-electron chi connectivity index (χ4n) is 1.70. The van der Waals surface area contributed by atoms with Crippen LogP contribution in [0.5, 0.6) is 11.6 Å². The second-order valence-electron chi connectivity index (χ2n) is 4.81. The molecule has 112 valence electrons. The molecule has 1 aromatic carbocycles. The highest BCUT2D eigenvalue weighted by Crippen LogP contribution is 2.32. The molecule has 0 aliphatic rings. The molecule has 2 aromatic rings. The van der Waals surface area contributed by atoms with Gasteiger partial charge in [0.25, 0.3) is 0 Å². The molecule has 0 aliphatic heterocycles. The van der Waals surface area contributed by atoms with Crippen molar-refractivity contribution >= 4 is 33.3 Å². The van der Waals surface area contributed by atoms with Crippen molar-refractivity contribution < 1.29 is 4.74 Å². The van der Waals surface area contributed by atoms with Crippen molar-refractivity contribution in [1.29, 1.82) is 0 Å². The van der Waals surface area contributed by atoms with E-state index in [4.69, 9.17) is 16.3 Å². The zero-order valence-corrected chi connectivity index (χ0v) is 14.5. The van der Waals surface area contributed by atoms with E-state index >= 15 is 0 Å². The first kappa shape index (κ1) is 16.0. The highest BCUT2D eigenvalue weighted by Gasteiger charge is 2.11. The predicted molar refractivity (Wildman–Crippen MR) is 89.5 cm³/mol. The molecule has 0 aliphatic carbocycles. The molecule has 0 spiro atoms. The quantitative estimate of drug-likeness (QED) is 0.782. The molecule has 0 radical (unpaired) electrons. The lowest BCUT2D eigenvalue weighted by molar-refractivity contribution is 0.454. The molecule has 2 rings (SSSR count). The Bertz CT molecular complexity index is 634. The van der Waals surface area contributed by atoms with Crippen molar-refractivity contribution in [2.24, 2.45) is 0 Å². The molecule has 0 fully saturated rings. The Labute approximate surface area is 138 Å². The van der Waals surface area contributed by atoms with Crippen LogP contribution in [0, 0.1) is 0 Å². The summed E-state index contributed by atoms with van der Waals surface area (Å²) >= 11 is 9.36. The summed E-state index contributed by atoms with van der Waals surface area (Å²) in [5, 5.41) is 3.84. The molecule has 6 heteroatoms. The highest BCUT2D eigenvalue weighted by molar-refractivity contribution is 9.10. The van der Waals surface area contributed by atoms with Gasteiger partial charge in [-0.25, -0.2) is 4.98 Å². The Morgan fingerprint density at radius 1 is 1.29 bits per heavy atom. The van der Waals surface area contributed by atoms with Crippen molar-refractivity contribution in [2.75, 3.05) is 11.9 Å². The Morgan fingerprint density at radius 3 is 2.67 bits per heavy atom. The number of rotatable bonds is 5. The first-order valence-corrected chi connectivity index (χ1v) is 7.92. The molecule has 4 nitrogen and oxygen atoms in total. The number of anilines is 1. The van der Waals surface area contributed by atoms with Crippen LogP contribution in [0.2, 0.25) is 5.02 Å². The summed E-state index contributed by atoms with van der Waals surface area (Å²) in [6.45, 7) is 6.91. The van der Waals surface area contributed by atoms with Crippen LogP contribution in [0.15, 0.2) is 28.7 Å². The number of aromatic nitrogens is 2. The molecular weight excluding hydrogens is 354 g/mol. The fraction of sp³-hybridized carbons (Fsp3) is 0.333. The van der Waals surface area contributed by atoms with E-state index in [-0.39, 0.29) is 5.92 Å². The van der Waals surface area contributed by atoms with E-state index in [1.54, 1.807) is 24.3 Å². The van der Waals surface area contributed by atoms with Crippen LogP contribution < -0.4 is 10.1 Å². The van der Waals surface area contributed by atoms with Gasteiger partial charge in [-0.3, -0.25) is 0 Å². The number of hydrogen-bond donors (Lipinski definition) is 1. The molecule has 21 heavy (non-hydrogen) atoms. The molecule has 0 amide bonds. The van der Waals surface area contributed by atoms with Crippen LogP contribution in [-0.4, -0.2) is 16.5 Å². The summed E-state index contributed by atoms with van der Waals surface area (Å²) in [5.41, 5.74) is 0. The third-order valence-corrected chi connectivity index (χ3v) is 3.56. The van der Waals surface area contributed by atoms with Crippen molar-refractivity contribution in [2.45, 2.75) is 26.7 Å². The Balaban J connectivity index is 2.33. The molecule has 1 N–H and O–H groups in total. The lowest BCUT2D eigenvalue weighted by Crippen LogP contribution is -2.06. The van der Waals surface area contributed by atoms with E-state index in [9.17, 15) is 0 Å². The van der Waals surface area contributed by atoms with Gasteiger partial charge in [-0.15, -0.1) is 0 Å². The third-order valence-electron chi connectivity index (χ3n) is 2.70. The topological polar surface area (TPSA) is 47.0 Å². The maximum absolute atomic E-state index is 5.93. The van der Waals surface area contributed by atoms with E-state index in [1.165, 1.54) is 0 Å². The van der Waals surface area contributed by atoms with Crippen molar-refractivity contribution in [1.82, 2.24) is 9.97 Å². The molecular formula is C15H17BrClN3O. The predicted octanol–water partition coefficient (Wildman–Crippen LogP) is 5.24. The van der Waals surface area contributed by atoms with Gasteiger partial charge in [0, 0.05) is 23.6 Å². The zero-order chi connectivity index (χ0) is 15.4. The van der Waals surface area contributed by atoms with Gasteiger partial charge >= 0.3 is 0 Å². The van der Waals surface area contributed by atoms with Crippen LogP contribution in [0.25, 0.3) is 0 Å². The Hall–Kier alpha value is -1.33. The van der Waals surface area contributed by atoms with E-state index in [1.807, 2.05) is 20.8 Å². The van der Waals surface area contributed by atoms with Gasteiger partial charge in [-0.1, -0.05) is 25.4 Å². The molecule has 0 atom stereocenters. The summed E-state index contributed by atoms with van der Waals surface area (Å²) in [6.07, 6.45) is 0. The summed E-state index contributed by atoms with van der Waals surface area (Å²) in [5.74, 6) is 2.90. The minimum atomic E-state index is 0.222. The monoisotopic (exact) mass is 369 g/mol. The van der Waals surface area contributed by atoms with Crippen molar-refractivity contribution in [3.8, 4) is 11.6 Å². The molecule has 0 saturated heterocycles. The number of nitrogens with zero attached hydrogens (tertiary/aromatic N) is 2. The number of ether oxygens (including phenoxy) is 1. The first-order chi connectivity index (χ1) is 9.99. The van der Waals surface area contributed by atoms with Crippen molar-refractivity contribution in [3.63, 3.8) is 0 Å². The molecule has 0 bridgehead atoms. The normalized spacial score (nSPS) is 10.8. The van der Waals surface area contributed by atoms with Gasteiger partial charge < -0.3 is 10.1 Å². The Morgan fingerprint density at radius 2 is 2.05 bits per heavy atom. The van der Waals surface area contributed by atoms with E-state index in [2.05, 4.69) is 31.2 Å². The Kier molecular flexibility index (Phi) is 5.42. The van der Waals surface area contributed by atoms with Crippen LogP contribution in [0.1, 0.15) is 32.5 Å². The maximum Gasteiger partial charge on any atom is 0.224 e. The minimum absolute atomic E-state index is 0.222. The molecule has 0 unspecified atom stereocenters. The standard InChI is InChI=1S/C15H17BrClN3O/c1-4-18-13-8-14(20-15(19-13)9(2)3)21-12-6-5-10(17)7-11(12)16/h5-9H,4H2,1-3H3,(H,18,19,20). The second-order valence-corrected chi connectivity index (χ2v) is 6.10.